The topological polar surface area (TPSA) is 79.7 Å². The number of pyridine rings is 1. The highest BCUT2D eigenvalue weighted by molar-refractivity contribution is 6.62. The van der Waals surface area contributed by atoms with Crippen molar-refractivity contribution in [2.75, 3.05) is 6.61 Å². The summed E-state index contributed by atoms with van der Waals surface area (Å²) in [6, 6.07) is 1.23. The summed E-state index contributed by atoms with van der Waals surface area (Å²) >= 11 is 5.59. The van der Waals surface area contributed by atoms with Gasteiger partial charge in [0.15, 0.2) is 0 Å². The van der Waals surface area contributed by atoms with Gasteiger partial charge in [-0.2, -0.15) is 0 Å². The molecule has 0 unspecified atom stereocenters. The Hall–Kier alpha value is -1.11. The van der Waals surface area contributed by atoms with Crippen LogP contribution in [0, 0.1) is 0 Å². The summed E-state index contributed by atoms with van der Waals surface area (Å²) in [5.41, 5.74) is 0.103. The number of hydrogen-bond donors (Lipinski definition) is 2. The molecule has 5 nitrogen and oxygen atoms in total. The van der Waals surface area contributed by atoms with Crippen LogP contribution in [0.1, 0.15) is 17.3 Å². The van der Waals surface area contributed by atoms with Crippen molar-refractivity contribution in [2.24, 2.45) is 0 Å². The summed E-state index contributed by atoms with van der Waals surface area (Å²) in [4.78, 5) is 14.9. The van der Waals surface area contributed by atoms with E-state index in [1.54, 1.807) is 6.92 Å². The van der Waals surface area contributed by atoms with Gasteiger partial charge in [-0.1, -0.05) is 11.6 Å². The Morgan fingerprint density at radius 3 is 2.87 bits per heavy atom. The standard InChI is InChI=1S/C8H9BClNO4/c1-2-15-8(12)5-3-6(9(13)14)7(10)11-4-5/h3-4,13-14H,2H2,1H3. The minimum absolute atomic E-state index is 0.0257. The third kappa shape index (κ3) is 2.92. The van der Waals surface area contributed by atoms with Gasteiger partial charge >= 0.3 is 13.1 Å². The Bertz CT molecular complexity index is 372. The van der Waals surface area contributed by atoms with E-state index in [4.69, 9.17) is 26.4 Å². The second-order valence-corrected chi connectivity index (χ2v) is 3.06. The summed E-state index contributed by atoms with van der Waals surface area (Å²) < 4.78 is 4.72. The van der Waals surface area contributed by atoms with Gasteiger partial charge in [-0.25, -0.2) is 9.78 Å². The molecule has 0 saturated carbocycles. The molecule has 7 heteroatoms. The number of hydrogen-bond acceptors (Lipinski definition) is 5. The van der Waals surface area contributed by atoms with Gasteiger partial charge in [-0.15, -0.1) is 0 Å². The van der Waals surface area contributed by atoms with E-state index < -0.39 is 13.1 Å². The maximum atomic E-state index is 11.3. The lowest BCUT2D eigenvalue weighted by atomic mass is 9.81. The van der Waals surface area contributed by atoms with E-state index in [0.717, 1.165) is 0 Å². The normalized spacial score (nSPS) is 9.87. The molecule has 0 saturated heterocycles. The molecule has 1 heterocycles. The maximum absolute atomic E-state index is 11.3. The van der Waals surface area contributed by atoms with Crippen LogP contribution in [-0.4, -0.2) is 34.7 Å². The minimum Gasteiger partial charge on any atom is -0.462 e. The van der Waals surface area contributed by atoms with Crippen LogP contribution >= 0.6 is 11.6 Å². The smallest absolute Gasteiger partial charge is 0.462 e. The summed E-state index contributed by atoms with van der Waals surface area (Å²) in [5, 5.41) is 17.8. The Kier molecular flexibility index (Phi) is 4.08. The van der Waals surface area contributed by atoms with Gasteiger partial charge in [0.25, 0.3) is 0 Å². The molecule has 0 radical (unpaired) electrons. The lowest BCUT2D eigenvalue weighted by Gasteiger charge is -2.05. The molecule has 1 rings (SSSR count). The highest BCUT2D eigenvalue weighted by Crippen LogP contribution is 2.05. The predicted molar refractivity (Wildman–Crippen MR) is 55.0 cm³/mol. The fourth-order valence-corrected chi connectivity index (χ4v) is 1.17. The molecule has 0 atom stereocenters. The monoisotopic (exact) mass is 229 g/mol. The van der Waals surface area contributed by atoms with E-state index in [9.17, 15) is 4.79 Å². The van der Waals surface area contributed by atoms with Crippen LogP contribution in [0.15, 0.2) is 12.3 Å². The average Bonchev–Trinajstić information content (AvgIpc) is 2.18. The molecule has 0 spiro atoms. The number of halogens is 1. The van der Waals surface area contributed by atoms with Crippen LogP contribution in [-0.2, 0) is 4.74 Å². The van der Waals surface area contributed by atoms with Crippen molar-refractivity contribution in [1.29, 1.82) is 0 Å². The third-order valence-electron chi connectivity index (χ3n) is 1.66. The molecule has 15 heavy (non-hydrogen) atoms. The highest BCUT2D eigenvalue weighted by Gasteiger charge is 2.19. The Morgan fingerprint density at radius 2 is 2.33 bits per heavy atom. The number of carbonyl (C=O) groups excluding carboxylic acids is 1. The van der Waals surface area contributed by atoms with Gasteiger partial charge in [-0.3, -0.25) is 0 Å². The van der Waals surface area contributed by atoms with Crippen molar-refractivity contribution in [2.45, 2.75) is 6.92 Å². The van der Waals surface area contributed by atoms with Crippen LogP contribution in [0.4, 0.5) is 0 Å². The molecule has 0 bridgehead atoms. The fraction of sp³-hybridized carbons (Fsp3) is 0.250. The zero-order chi connectivity index (χ0) is 11.4. The number of rotatable bonds is 3. The molecule has 1 aromatic rings. The van der Waals surface area contributed by atoms with E-state index in [1.807, 2.05) is 0 Å². The summed E-state index contributed by atoms with van der Waals surface area (Å²) in [6.07, 6.45) is 1.21. The molecular formula is C8H9BClNO4. The molecule has 0 amide bonds. The summed E-state index contributed by atoms with van der Waals surface area (Å²) in [6.45, 7) is 1.90. The van der Waals surface area contributed by atoms with Crippen LogP contribution in [0.3, 0.4) is 0 Å². The molecule has 0 fully saturated rings. The fourth-order valence-electron chi connectivity index (χ4n) is 0.972. The van der Waals surface area contributed by atoms with Gasteiger partial charge in [0.05, 0.1) is 12.2 Å². The molecule has 0 aliphatic carbocycles. The van der Waals surface area contributed by atoms with E-state index in [1.165, 1.54) is 12.3 Å². The third-order valence-corrected chi connectivity index (χ3v) is 1.97. The van der Waals surface area contributed by atoms with Crippen molar-refractivity contribution < 1.29 is 19.6 Å². The maximum Gasteiger partial charge on any atom is 0.491 e. The molecular weight excluding hydrogens is 220 g/mol. The first kappa shape index (κ1) is 12.0. The number of carbonyl (C=O) groups is 1. The van der Waals surface area contributed by atoms with Crippen LogP contribution in [0.5, 0.6) is 0 Å². The van der Waals surface area contributed by atoms with Crippen molar-refractivity contribution in [1.82, 2.24) is 4.98 Å². The number of esters is 1. The van der Waals surface area contributed by atoms with E-state index >= 15 is 0 Å². The van der Waals surface area contributed by atoms with Crippen LogP contribution < -0.4 is 5.46 Å². The predicted octanol–water partition coefficient (Wildman–Crippen LogP) is -0.408. The molecule has 80 valence electrons. The van der Waals surface area contributed by atoms with Crippen LogP contribution in [0.25, 0.3) is 0 Å². The van der Waals surface area contributed by atoms with E-state index in [-0.39, 0.29) is 22.8 Å². The van der Waals surface area contributed by atoms with Crippen molar-refractivity contribution in [3.63, 3.8) is 0 Å². The summed E-state index contributed by atoms with van der Waals surface area (Å²) in [7, 11) is -1.76. The van der Waals surface area contributed by atoms with Crippen molar-refractivity contribution in [3.05, 3.63) is 23.0 Å². The quantitative estimate of drug-likeness (QED) is 0.418. The molecule has 1 aromatic heterocycles. The van der Waals surface area contributed by atoms with Crippen LogP contribution in [0.2, 0.25) is 5.15 Å². The largest absolute Gasteiger partial charge is 0.491 e. The molecule has 0 aliphatic heterocycles. The Balaban J connectivity index is 3.02. The Labute approximate surface area is 91.8 Å². The Morgan fingerprint density at radius 1 is 1.67 bits per heavy atom. The highest BCUT2D eigenvalue weighted by atomic mass is 35.5. The number of nitrogens with zero attached hydrogens (tertiary/aromatic N) is 1. The van der Waals surface area contributed by atoms with Gasteiger partial charge in [0, 0.05) is 11.7 Å². The number of ether oxygens (including phenoxy) is 1. The average molecular weight is 229 g/mol. The first-order chi connectivity index (χ1) is 7.06. The van der Waals surface area contributed by atoms with Gasteiger partial charge < -0.3 is 14.8 Å². The second-order valence-electron chi connectivity index (χ2n) is 2.70. The zero-order valence-electron chi connectivity index (χ0n) is 7.98. The second kappa shape index (κ2) is 5.11. The first-order valence-electron chi connectivity index (χ1n) is 4.25. The van der Waals surface area contributed by atoms with Gasteiger partial charge in [0.2, 0.25) is 0 Å². The lowest BCUT2D eigenvalue weighted by molar-refractivity contribution is 0.0526. The van der Waals surface area contributed by atoms with Gasteiger partial charge in [0.1, 0.15) is 5.15 Å². The minimum atomic E-state index is -1.76. The van der Waals surface area contributed by atoms with E-state index in [2.05, 4.69) is 4.98 Å². The van der Waals surface area contributed by atoms with Gasteiger partial charge in [-0.05, 0) is 13.0 Å². The number of aromatic nitrogens is 1. The lowest BCUT2D eigenvalue weighted by Crippen LogP contribution is -2.32. The molecule has 0 aliphatic rings. The molecule has 2 N–H and O–H groups in total. The molecule has 0 aromatic carbocycles. The van der Waals surface area contributed by atoms with E-state index in [0.29, 0.717) is 0 Å². The van der Waals surface area contributed by atoms with Crippen molar-refractivity contribution in [3.8, 4) is 0 Å². The van der Waals surface area contributed by atoms with Crippen molar-refractivity contribution >= 4 is 30.2 Å². The summed E-state index contributed by atoms with van der Waals surface area (Å²) in [5.74, 6) is -0.580. The first-order valence-corrected chi connectivity index (χ1v) is 4.62. The SMILES string of the molecule is CCOC(=O)c1cnc(Cl)c(B(O)O)c1. The zero-order valence-corrected chi connectivity index (χ0v) is 8.73.